The number of aromatic nitrogens is 2. The van der Waals surface area contributed by atoms with Gasteiger partial charge in [0.05, 0.1) is 6.26 Å². The zero-order valence-corrected chi connectivity index (χ0v) is 13.3. The molecule has 10 heteroatoms. The predicted octanol–water partition coefficient (Wildman–Crippen LogP) is -0.371. The molecule has 3 rings (SSSR count). The van der Waals surface area contributed by atoms with E-state index in [1.54, 1.807) is 0 Å². The largest absolute Gasteiger partial charge is 0.481 e. The summed E-state index contributed by atoms with van der Waals surface area (Å²) >= 11 is 1.42. The molecular weight excluding hydrogens is 316 g/mol. The average Bonchev–Trinajstić information content (AvgIpc) is 2.97. The molecule has 1 N–H and O–H groups in total. The minimum Gasteiger partial charge on any atom is -0.481 e. The van der Waals surface area contributed by atoms with Gasteiger partial charge in [-0.25, -0.2) is 12.7 Å². The number of carboxylic acids is 1. The molecule has 2 aliphatic heterocycles. The molecule has 0 bridgehead atoms. The molecule has 1 aromatic rings. The Balaban J connectivity index is 1.89. The van der Waals surface area contributed by atoms with Crippen molar-refractivity contribution in [2.24, 2.45) is 11.3 Å². The number of sulfonamides is 1. The second kappa shape index (κ2) is 4.62. The third kappa shape index (κ3) is 2.30. The monoisotopic (exact) mass is 332 g/mol. The Morgan fingerprint density at radius 2 is 2.10 bits per heavy atom. The molecule has 0 spiro atoms. The number of anilines is 1. The molecule has 0 aliphatic carbocycles. The summed E-state index contributed by atoms with van der Waals surface area (Å²) in [5.74, 6) is -1.17. The van der Waals surface area contributed by atoms with Gasteiger partial charge in [-0.05, 0) is 6.92 Å². The molecule has 21 heavy (non-hydrogen) atoms. The first-order valence-corrected chi connectivity index (χ1v) is 9.12. The van der Waals surface area contributed by atoms with Gasteiger partial charge in [-0.2, -0.15) is 0 Å². The molecule has 3 heterocycles. The number of hydrogen-bond acceptors (Lipinski definition) is 7. The van der Waals surface area contributed by atoms with E-state index in [1.807, 2.05) is 11.8 Å². The van der Waals surface area contributed by atoms with E-state index in [1.165, 1.54) is 15.6 Å². The zero-order chi connectivity index (χ0) is 15.4. The minimum absolute atomic E-state index is 0.0279. The highest BCUT2D eigenvalue weighted by Crippen LogP contribution is 2.45. The van der Waals surface area contributed by atoms with E-state index in [9.17, 15) is 18.3 Å². The van der Waals surface area contributed by atoms with Gasteiger partial charge < -0.3 is 10.0 Å². The number of hydrogen-bond donors (Lipinski definition) is 1. The Morgan fingerprint density at radius 1 is 1.38 bits per heavy atom. The summed E-state index contributed by atoms with van der Waals surface area (Å²) in [4.78, 5) is 13.7. The SMILES string of the molecule is Cc1nnc(N2C[C@H]3CN(S(C)(=O)=O)C[C@@]3(C(=O)O)C2)s1. The highest BCUT2D eigenvalue weighted by atomic mass is 32.2. The number of rotatable bonds is 3. The minimum atomic E-state index is -3.37. The highest BCUT2D eigenvalue weighted by Gasteiger charge is 2.59. The van der Waals surface area contributed by atoms with Crippen LogP contribution in [0.1, 0.15) is 5.01 Å². The van der Waals surface area contributed by atoms with Gasteiger partial charge in [0.15, 0.2) is 0 Å². The third-order valence-corrected chi connectivity index (χ3v) is 6.37. The van der Waals surface area contributed by atoms with Crippen molar-refractivity contribution in [2.75, 3.05) is 37.3 Å². The summed E-state index contributed by atoms with van der Waals surface area (Å²) in [6, 6.07) is 0. The summed E-state index contributed by atoms with van der Waals surface area (Å²) in [5, 5.41) is 19.2. The molecule has 0 saturated carbocycles. The Hall–Kier alpha value is -1.26. The second-order valence-corrected chi connectivity index (χ2v) is 8.84. The molecule has 116 valence electrons. The molecule has 8 nitrogen and oxygen atoms in total. The molecular formula is C11H16N4O4S2. The van der Waals surface area contributed by atoms with E-state index in [0.29, 0.717) is 11.7 Å². The Labute approximate surface area is 126 Å². The van der Waals surface area contributed by atoms with E-state index >= 15 is 0 Å². The van der Waals surface area contributed by atoms with Crippen LogP contribution in [-0.2, 0) is 14.8 Å². The average molecular weight is 332 g/mol. The molecule has 0 unspecified atom stereocenters. The number of aryl methyl sites for hydroxylation is 1. The predicted molar refractivity (Wildman–Crippen MR) is 76.8 cm³/mol. The summed E-state index contributed by atoms with van der Waals surface area (Å²) in [7, 11) is -3.37. The quantitative estimate of drug-likeness (QED) is 0.805. The topological polar surface area (TPSA) is 104 Å². The lowest BCUT2D eigenvalue weighted by Gasteiger charge is -2.24. The van der Waals surface area contributed by atoms with Crippen molar-refractivity contribution in [3.63, 3.8) is 0 Å². The van der Waals surface area contributed by atoms with Crippen LogP contribution in [0, 0.1) is 18.3 Å². The molecule has 2 fully saturated rings. The maximum absolute atomic E-state index is 11.8. The van der Waals surface area contributed by atoms with Crippen molar-refractivity contribution < 1.29 is 18.3 Å². The van der Waals surface area contributed by atoms with Crippen LogP contribution in [0.4, 0.5) is 5.13 Å². The molecule has 2 atom stereocenters. The first-order chi connectivity index (χ1) is 9.72. The third-order valence-electron chi connectivity index (χ3n) is 4.26. The van der Waals surface area contributed by atoms with Gasteiger partial charge in [0.2, 0.25) is 15.2 Å². The van der Waals surface area contributed by atoms with Crippen molar-refractivity contribution in [1.82, 2.24) is 14.5 Å². The van der Waals surface area contributed by atoms with Crippen LogP contribution in [0.25, 0.3) is 0 Å². The van der Waals surface area contributed by atoms with Crippen molar-refractivity contribution >= 4 is 32.5 Å². The van der Waals surface area contributed by atoms with Gasteiger partial charge in [0, 0.05) is 32.1 Å². The maximum atomic E-state index is 11.8. The van der Waals surface area contributed by atoms with E-state index < -0.39 is 21.4 Å². The highest BCUT2D eigenvalue weighted by molar-refractivity contribution is 7.88. The number of carboxylic acid groups (broad SMARTS) is 1. The number of aliphatic carboxylic acids is 1. The van der Waals surface area contributed by atoms with Gasteiger partial charge in [-0.3, -0.25) is 4.79 Å². The lowest BCUT2D eigenvalue weighted by Crippen LogP contribution is -2.41. The smallest absolute Gasteiger partial charge is 0.313 e. The van der Waals surface area contributed by atoms with Crippen molar-refractivity contribution in [3.8, 4) is 0 Å². The van der Waals surface area contributed by atoms with Crippen LogP contribution >= 0.6 is 11.3 Å². The standard InChI is InChI=1S/C11H16N4O4S2/c1-7-12-13-10(20-7)14-3-8-4-15(21(2,18)19)6-11(8,5-14)9(16)17/h8H,3-6H2,1-2H3,(H,16,17)/t8-,11-/m0/s1. The van der Waals surface area contributed by atoms with Crippen LogP contribution in [-0.4, -0.2) is 66.4 Å². The summed E-state index contributed by atoms with van der Waals surface area (Å²) in [5.41, 5.74) is -1.05. The van der Waals surface area contributed by atoms with E-state index in [0.717, 1.165) is 11.3 Å². The van der Waals surface area contributed by atoms with E-state index in [4.69, 9.17) is 0 Å². The maximum Gasteiger partial charge on any atom is 0.313 e. The van der Waals surface area contributed by atoms with Gasteiger partial charge in [0.1, 0.15) is 10.4 Å². The van der Waals surface area contributed by atoms with Crippen molar-refractivity contribution in [2.45, 2.75) is 6.92 Å². The van der Waals surface area contributed by atoms with E-state index in [-0.39, 0.29) is 25.6 Å². The van der Waals surface area contributed by atoms with Crippen molar-refractivity contribution in [3.05, 3.63) is 5.01 Å². The Morgan fingerprint density at radius 3 is 2.57 bits per heavy atom. The molecule has 2 aliphatic rings. The van der Waals surface area contributed by atoms with Crippen molar-refractivity contribution in [1.29, 1.82) is 0 Å². The summed E-state index contributed by atoms with van der Waals surface area (Å²) < 4.78 is 24.6. The molecule has 2 saturated heterocycles. The van der Waals surface area contributed by atoms with Gasteiger partial charge in [-0.1, -0.05) is 11.3 Å². The summed E-state index contributed by atoms with van der Waals surface area (Å²) in [6.45, 7) is 2.89. The van der Waals surface area contributed by atoms with Crippen LogP contribution in [0.3, 0.4) is 0 Å². The normalized spacial score (nSPS) is 29.8. The van der Waals surface area contributed by atoms with Crippen LogP contribution < -0.4 is 4.90 Å². The Kier molecular flexibility index (Phi) is 3.22. The molecule has 0 amide bonds. The van der Waals surface area contributed by atoms with Gasteiger partial charge >= 0.3 is 5.97 Å². The fraction of sp³-hybridized carbons (Fsp3) is 0.727. The fourth-order valence-corrected chi connectivity index (χ4v) is 4.75. The lowest BCUT2D eigenvalue weighted by atomic mass is 9.81. The lowest BCUT2D eigenvalue weighted by molar-refractivity contribution is -0.148. The van der Waals surface area contributed by atoms with Gasteiger partial charge in [0.25, 0.3) is 0 Å². The molecule has 0 radical (unpaired) electrons. The second-order valence-electron chi connectivity index (χ2n) is 5.70. The molecule has 1 aromatic heterocycles. The molecule has 0 aromatic carbocycles. The summed E-state index contributed by atoms with van der Waals surface area (Å²) in [6.07, 6.45) is 1.12. The zero-order valence-electron chi connectivity index (χ0n) is 11.7. The first kappa shape index (κ1) is 14.7. The Bertz CT molecular complexity index is 688. The van der Waals surface area contributed by atoms with Crippen LogP contribution in [0.15, 0.2) is 0 Å². The first-order valence-electron chi connectivity index (χ1n) is 6.46. The number of carbonyl (C=O) groups is 1. The fourth-order valence-electron chi connectivity index (χ4n) is 3.13. The number of fused-ring (bicyclic) bond motifs is 1. The van der Waals surface area contributed by atoms with Gasteiger partial charge in [-0.15, -0.1) is 10.2 Å². The van der Waals surface area contributed by atoms with E-state index in [2.05, 4.69) is 10.2 Å². The number of nitrogens with zero attached hydrogens (tertiary/aromatic N) is 4. The van der Waals surface area contributed by atoms with Crippen LogP contribution in [0.2, 0.25) is 0 Å². The van der Waals surface area contributed by atoms with Crippen LogP contribution in [0.5, 0.6) is 0 Å².